The Kier molecular flexibility index (Phi) is 4.90. The second kappa shape index (κ2) is 6.93. The number of nitrogens with zero attached hydrogens (tertiary/aromatic N) is 1. The van der Waals surface area contributed by atoms with E-state index in [0.717, 1.165) is 18.4 Å². The van der Waals surface area contributed by atoms with Crippen LogP contribution in [-0.4, -0.2) is 41.8 Å². The van der Waals surface area contributed by atoms with Crippen molar-refractivity contribution in [3.05, 3.63) is 35.9 Å². The second-order valence-corrected chi connectivity index (χ2v) is 7.36. The van der Waals surface area contributed by atoms with Crippen LogP contribution in [0.1, 0.15) is 38.7 Å². The lowest BCUT2D eigenvalue weighted by Crippen LogP contribution is -2.40. The lowest BCUT2D eigenvalue weighted by molar-refractivity contribution is -0.129. The standard InChI is InChI=1S/C19H25NO4/c1-19(2)11-15(12-24-19)8-9-17(21)20-16(13-23-18(20)22)10-14-6-4-3-5-7-14/h3-7,15-16H,8-13H2,1-2H3/t15-,16-/m1/s1. The molecule has 0 spiro atoms. The van der Waals surface area contributed by atoms with Crippen molar-refractivity contribution in [1.82, 2.24) is 4.90 Å². The van der Waals surface area contributed by atoms with Gasteiger partial charge >= 0.3 is 6.09 Å². The van der Waals surface area contributed by atoms with Crippen LogP contribution in [0.15, 0.2) is 30.3 Å². The number of benzene rings is 1. The van der Waals surface area contributed by atoms with Gasteiger partial charge in [0.15, 0.2) is 0 Å². The molecule has 0 saturated carbocycles. The number of ether oxygens (including phenoxy) is 2. The highest BCUT2D eigenvalue weighted by atomic mass is 16.6. The molecule has 2 amide bonds. The van der Waals surface area contributed by atoms with E-state index in [0.29, 0.717) is 25.4 Å². The van der Waals surface area contributed by atoms with Crippen molar-refractivity contribution in [3.8, 4) is 0 Å². The fourth-order valence-electron chi connectivity index (χ4n) is 3.59. The third-order valence-corrected chi connectivity index (χ3v) is 4.80. The maximum Gasteiger partial charge on any atom is 0.416 e. The molecule has 0 unspecified atom stereocenters. The molecule has 0 aromatic heterocycles. The molecule has 1 aromatic rings. The SMILES string of the molecule is CC1(C)C[C@@H](CCC(=O)N2C(=O)OC[C@H]2Cc2ccccc2)CO1. The minimum absolute atomic E-state index is 0.101. The van der Waals surface area contributed by atoms with Crippen LogP contribution in [0.3, 0.4) is 0 Å². The van der Waals surface area contributed by atoms with Gasteiger partial charge in [-0.15, -0.1) is 0 Å². The largest absolute Gasteiger partial charge is 0.447 e. The number of imide groups is 1. The van der Waals surface area contributed by atoms with Gasteiger partial charge in [-0.1, -0.05) is 30.3 Å². The predicted molar refractivity (Wildman–Crippen MR) is 89.5 cm³/mol. The molecule has 5 heteroatoms. The molecule has 2 atom stereocenters. The monoisotopic (exact) mass is 331 g/mol. The molecule has 0 radical (unpaired) electrons. The molecule has 0 N–H and O–H groups in total. The Balaban J connectivity index is 1.56. The van der Waals surface area contributed by atoms with Crippen molar-refractivity contribution in [2.24, 2.45) is 5.92 Å². The van der Waals surface area contributed by atoms with Gasteiger partial charge in [-0.05, 0) is 44.6 Å². The number of carbonyl (C=O) groups is 2. The molecule has 2 aliphatic heterocycles. The van der Waals surface area contributed by atoms with E-state index >= 15 is 0 Å². The zero-order valence-electron chi connectivity index (χ0n) is 14.4. The zero-order chi connectivity index (χ0) is 17.2. The highest BCUT2D eigenvalue weighted by molar-refractivity contribution is 5.93. The Bertz CT molecular complexity index is 599. The summed E-state index contributed by atoms with van der Waals surface area (Å²) in [5, 5.41) is 0. The minimum Gasteiger partial charge on any atom is -0.447 e. The number of rotatable bonds is 5. The van der Waals surface area contributed by atoms with E-state index in [1.165, 1.54) is 4.90 Å². The first-order chi connectivity index (χ1) is 11.4. The highest BCUT2D eigenvalue weighted by Crippen LogP contribution is 2.32. The van der Waals surface area contributed by atoms with Gasteiger partial charge in [0.2, 0.25) is 5.91 Å². The minimum atomic E-state index is -0.510. The Hall–Kier alpha value is -1.88. The molecule has 0 bridgehead atoms. The summed E-state index contributed by atoms with van der Waals surface area (Å²) in [4.78, 5) is 25.8. The molecule has 2 fully saturated rings. The predicted octanol–water partition coefficient (Wildman–Crippen LogP) is 3.17. The van der Waals surface area contributed by atoms with Gasteiger partial charge < -0.3 is 9.47 Å². The molecular formula is C19H25NO4. The lowest BCUT2D eigenvalue weighted by Gasteiger charge is -2.20. The Morgan fingerprint density at radius 1 is 1.25 bits per heavy atom. The quantitative estimate of drug-likeness (QED) is 0.831. The zero-order valence-corrected chi connectivity index (χ0v) is 14.4. The van der Waals surface area contributed by atoms with E-state index in [1.54, 1.807) is 0 Å². The fourth-order valence-corrected chi connectivity index (χ4v) is 3.59. The van der Waals surface area contributed by atoms with Crippen LogP contribution < -0.4 is 0 Å². The van der Waals surface area contributed by atoms with Crippen LogP contribution >= 0.6 is 0 Å². The first-order valence-electron chi connectivity index (χ1n) is 8.61. The summed E-state index contributed by atoms with van der Waals surface area (Å²) < 4.78 is 10.8. The van der Waals surface area contributed by atoms with Gasteiger partial charge in [-0.2, -0.15) is 0 Å². The van der Waals surface area contributed by atoms with Crippen LogP contribution in [0.5, 0.6) is 0 Å². The molecule has 130 valence electrons. The summed E-state index contributed by atoms with van der Waals surface area (Å²) in [5.74, 6) is 0.248. The van der Waals surface area contributed by atoms with E-state index in [-0.39, 0.29) is 24.2 Å². The first-order valence-corrected chi connectivity index (χ1v) is 8.61. The molecule has 2 saturated heterocycles. The van der Waals surface area contributed by atoms with Gasteiger partial charge in [-0.3, -0.25) is 4.79 Å². The van der Waals surface area contributed by atoms with Crippen LogP contribution in [0, 0.1) is 5.92 Å². The van der Waals surface area contributed by atoms with E-state index in [1.807, 2.05) is 30.3 Å². The number of hydrogen-bond donors (Lipinski definition) is 0. The number of hydrogen-bond acceptors (Lipinski definition) is 4. The number of amides is 2. The highest BCUT2D eigenvalue weighted by Gasteiger charge is 2.38. The maximum atomic E-state index is 12.6. The lowest BCUT2D eigenvalue weighted by atomic mass is 9.94. The second-order valence-electron chi connectivity index (χ2n) is 7.36. The van der Waals surface area contributed by atoms with E-state index in [2.05, 4.69) is 13.8 Å². The van der Waals surface area contributed by atoms with E-state index in [4.69, 9.17) is 9.47 Å². The summed E-state index contributed by atoms with van der Waals surface area (Å²) in [6, 6.07) is 9.67. The molecule has 2 aliphatic rings. The van der Waals surface area contributed by atoms with Crippen molar-refractivity contribution < 1.29 is 19.1 Å². The van der Waals surface area contributed by atoms with E-state index < -0.39 is 6.09 Å². The van der Waals surface area contributed by atoms with Gasteiger partial charge in [0.25, 0.3) is 0 Å². The topological polar surface area (TPSA) is 55.8 Å². The summed E-state index contributed by atoms with van der Waals surface area (Å²) >= 11 is 0. The molecule has 24 heavy (non-hydrogen) atoms. The smallest absolute Gasteiger partial charge is 0.416 e. The van der Waals surface area contributed by atoms with Crippen LogP contribution in [-0.2, 0) is 20.7 Å². The summed E-state index contributed by atoms with van der Waals surface area (Å²) in [5.41, 5.74) is 1.00. The van der Waals surface area contributed by atoms with Gasteiger partial charge in [0.05, 0.1) is 18.2 Å². The number of cyclic esters (lactones) is 1. The average Bonchev–Trinajstić information content (AvgIpc) is 3.08. The van der Waals surface area contributed by atoms with Crippen LogP contribution in [0.2, 0.25) is 0 Å². The summed E-state index contributed by atoms with van der Waals surface area (Å²) in [7, 11) is 0. The first kappa shape index (κ1) is 17.0. The Labute approximate surface area is 142 Å². The van der Waals surface area contributed by atoms with Crippen molar-refractivity contribution in [2.75, 3.05) is 13.2 Å². The maximum absolute atomic E-state index is 12.6. The Morgan fingerprint density at radius 2 is 2.00 bits per heavy atom. The van der Waals surface area contributed by atoms with Crippen LogP contribution in [0.25, 0.3) is 0 Å². The van der Waals surface area contributed by atoms with Gasteiger partial charge in [0.1, 0.15) is 6.61 Å². The summed E-state index contributed by atoms with van der Waals surface area (Å²) in [6.45, 7) is 5.11. The van der Waals surface area contributed by atoms with Crippen molar-refractivity contribution in [3.63, 3.8) is 0 Å². The van der Waals surface area contributed by atoms with Gasteiger partial charge in [0, 0.05) is 6.42 Å². The molecule has 2 heterocycles. The Morgan fingerprint density at radius 3 is 2.67 bits per heavy atom. The molecule has 1 aromatic carbocycles. The van der Waals surface area contributed by atoms with E-state index in [9.17, 15) is 9.59 Å². The fraction of sp³-hybridized carbons (Fsp3) is 0.579. The third-order valence-electron chi connectivity index (χ3n) is 4.80. The van der Waals surface area contributed by atoms with Crippen molar-refractivity contribution in [2.45, 2.75) is 51.2 Å². The summed E-state index contributed by atoms with van der Waals surface area (Å²) in [6.07, 6.45) is 2.20. The third kappa shape index (κ3) is 3.96. The molecular weight excluding hydrogens is 306 g/mol. The van der Waals surface area contributed by atoms with Crippen molar-refractivity contribution in [1.29, 1.82) is 0 Å². The normalized spacial score (nSPS) is 25.8. The molecule has 5 nitrogen and oxygen atoms in total. The molecule has 0 aliphatic carbocycles. The molecule has 3 rings (SSSR count). The van der Waals surface area contributed by atoms with Crippen LogP contribution in [0.4, 0.5) is 4.79 Å². The van der Waals surface area contributed by atoms with Crippen molar-refractivity contribution >= 4 is 12.0 Å². The van der Waals surface area contributed by atoms with Gasteiger partial charge in [-0.25, -0.2) is 9.69 Å². The average molecular weight is 331 g/mol. The number of carbonyl (C=O) groups excluding carboxylic acids is 2.